The predicted octanol–water partition coefficient (Wildman–Crippen LogP) is -1.17. The van der Waals surface area contributed by atoms with E-state index in [1.54, 1.807) is 6.92 Å². The maximum atomic E-state index is 11.9. The molecule has 0 aromatic heterocycles. The Balaban J connectivity index is 0. The minimum Gasteiger partial charge on any atom is -0.846 e. The molecular formula is C16H26BrN2NaO5. The number of amides is 2. The van der Waals surface area contributed by atoms with Crippen molar-refractivity contribution in [3.05, 3.63) is 0 Å². The first-order valence-electron chi connectivity index (χ1n) is 8.09. The number of nitrogens with one attached hydrogen (secondary N) is 1. The van der Waals surface area contributed by atoms with E-state index in [-0.39, 0.29) is 41.9 Å². The van der Waals surface area contributed by atoms with E-state index in [1.807, 2.05) is 20.8 Å². The van der Waals surface area contributed by atoms with Gasteiger partial charge in [-0.1, -0.05) is 50.0 Å². The van der Waals surface area contributed by atoms with Crippen LogP contribution >= 0.6 is 15.9 Å². The van der Waals surface area contributed by atoms with E-state index in [0.717, 1.165) is 12.8 Å². The third kappa shape index (κ3) is 8.19. The van der Waals surface area contributed by atoms with Gasteiger partial charge in [-0.2, -0.15) is 0 Å². The molecule has 0 saturated carbocycles. The fraction of sp³-hybridized carbons (Fsp3) is 0.750. The van der Waals surface area contributed by atoms with Gasteiger partial charge in [0.1, 0.15) is 5.41 Å². The van der Waals surface area contributed by atoms with Crippen molar-refractivity contribution in [3.63, 3.8) is 0 Å². The predicted molar refractivity (Wildman–Crippen MR) is 92.6 cm³/mol. The number of amidine groups is 1. The SMILES string of the molecule is CC(Br)CCC(=O)O.CCCC(C)C1(CC)C(=O)N=C([O-])NC1=O.[Na+]. The Bertz CT molecular complexity index is 499. The summed E-state index contributed by atoms with van der Waals surface area (Å²) in [5.74, 6) is -1.92. The summed E-state index contributed by atoms with van der Waals surface area (Å²) in [5.41, 5.74) is -1.15. The van der Waals surface area contributed by atoms with E-state index in [1.165, 1.54) is 0 Å². The molecule has 0 fully saturated rings. The van der Waals surface area contributed by atoms with E-state index in [2.05, 4.69) is 26.2 Å². The third-order valence-electron chi connectivity index (χ3n) is 4.09. The van der Waals surface area contributed by atoms with Crippen molar-refractivity contribution in [2.24, 2.45) is 16.3 Å². The largest absolute Gasteiger partial charge is 1.00 e. The molecule has 7 nitrogen and oxygen atoms in total. The molecule has 0 radical (unpaired) electrons. The van der Waals surface area contributed by atoms with Crippen LogP contribution in [0, 0.1) is 11.3 Å². The topological polar surface area (TPSA) is 119 Å². The molecule has 3 atom stereocenters. The molecule has 1 heterocycles. The van der Waals surface area contributed by atoms with Crippen molar-refractivity contribution in [2.75, 3.05) is 0 Å². The molecule has 0 aromatic carbocycles. The van der Waals surface area contributed by atoms with Gasteiger partial charge in [-0.05, 0) is 25.2 Å². The first-order chi connectivity index (χ1) is 11.1. The van der Waals surface area contributed by atoms with Crippen molar-refractivity contribution >= 4 is 39.7 Å². The van der Waals surface area contributed by atoms with Gasteiger partial charge in [0.2, 0.25) is 5.91 Å². The molecule has 1 aliphatic rings. The van der Waals surface area contributed by atoms with E-state index in [4.69, 9.17) is 5.11 Å². The second-order valence-electron chi connectivity index (χ2n) is 5.90. The zero-order valence-corrected chi connectivity index (χ0v) is 19.2. The Morgan fingerprint density at radius 3 is 2.20 bits per heavy atom. The van der Waals surface area contributed by atoms with Gasteiger partial charge in [0.25, 0.3) is 5.91 Å². The smallest absolute Gasteiger partial charge is 0.846 e. The van der Waals surface area contributed by atoms with Gasteiger partial charge < -0.3 is 15.5 Å². The van der Waals surface area contributed by atoms with Crippen molar-refractivity contribution < 1.29 is 54.2 Å². The zero-order chi connectivity index (χ0) is 18.9. The fourth-order valence-electron chi connectivity index (χ4n) is 2.62. The second kappa shape index (κ2) is 12.8. The number of nitrogens with zero attached hydrogens (tertiary/aromatic N) is 1. The van der Waals surface area contributed by atoms with Crippen LogP contribution < -0.4 is 40.0 Å². The zero-order valence-electron chi connectivity index (χ0n) is 15.6. The number of halogens is 1. The van der Waals surface area contributed by atoms with E-state index >= 15 is 0 Å². The van der Waals surface area contributed by atoms with Gasteiger partial charge in [-0.15, -0.1) is 0 Å². The van der Waals surface area contributed by atoms with E-state index in [0.29, 0.717) is 17.7 Å². The molecule has 0 bridgehead atoms. The Morgan fingerprint density at radius 2 is 1.88 bits per heavy atom. The number of hydrogen-bond acceptors (Lipinski definition) is 4. The van der Waals surface area contributed by atoms with Crippen LogP contribution in [0.3, 0.4) is 0 Å². The first kappa shape index (κ1) is 26.8. The van der Waals surface area contributed by atoms with Crippen molar-refractivity contribution in [1.29, 1.82) is 0 Å². The summed E-state index contributed by atoms with van der Waals surface area (Å²) in [7, 11) is 0. The van der Waals surface area contributed by atoms with Crippen LogP contribution in [0.25, 0.3) is 0 Å². The molecule has 0 saturated heterocycles. The van der Waals surface area contributed by atoms with Crippen molar-refractivity contribution in [3.8, 4) is 0 Å². The number of aliphatic imine (C=N–C) groups is 1. The summed E-state index contributed by atoms with van der Waals surface area (Å²) in [6.07, 6.45) is 2.98. The van der Waals surface area contributed by atoms with Gasteiger partial charge in [0, 0.05) is 11.2 Å². The van der Waals surface area contributed by atoms with Crippen LogP contribution in [0.15, 0.2) is 4.99 Å². The maximum Gasteiger partial charge on any atom is 1.00 e. The molecule has 9 heteroatoms. The molecule has 1 aliphatic heterocycles. The quantitative estimate of drug-likeness (QED) is 0.300. The summed E-state index contributed by atoms with van der Waals surface area (Å²) in [5, 5.41) is 21.2. The number of alkyl halides is 1. The van der Waals surface area contributed by atoms with Crippen LogP contribution in [0.4, 0.5) is 0 Å². The minimum atomic E-state index is -1.15. The van der Waals surface area contributed by atoms with Crippen LogP contribution in [0.2, 0.25) is 0 Å². The van der Waals surface area contributed by atoms with Gasteiger partial charge in [0.15, 0.2) is 0 Å². The first-order valence-corrected chi connectivity index (χ1v) is 9.00. The molecule has 1 rings (SSSR count). The van der Waals surface area contributed by atoms with E-state index in [9.17, 15) is 19.5 Å². The number of rotatable bonds is 7. The Hall–Kier alpha value is -0.440. The molecule has 0 aliphatic carbocycles. The summed E-state index contributed by atoms with van der Waals surface area (Å²) >= 11 is 3.24. The Kier molecular flexibility index (Phi) is 13.8. The van der Waals surface area contributed by atoms with Crippen LogP contribution in [-0.2, 0) is 14.4 Å². The maximum absolute atomic E-state index is 11.9. The Labute approximate surface area is 179 Å². The van der Waals surface area contributed by atoms with Crippen LogP contribution in [-0.4, -0.2) is 33.7 Å². The molecule has 2 N–H and O–H groups in total. The number of carboxylic acids is 1. The van der Waals surface area contributed by atoms with Crippen molar-refractivity contribution in [2.45, 2.75) is 64.6 Å². The van der Waals surface area contributed by atoms with Gasteiger partial charge in [-0.3, -0.25) is 14.4 Å². The average molecular weight is 429 g/mol. The standard InChI is InChI=1S/C11H18N2O3.C5H9BrO2.Na/c1-4-6-7(3)11(5-2)8(14)12-10(16)13-9(11)15;1-4(6)2-3-5(7)8;/h7H,4-6H2,1-3H3,(H2,12,13,14,15,16);4H,2-3H2,1H3,(H,7,8);/q;;+1/p-1. The van der Waals surface area contributed by atoms with Gasteiger partial charge in [-0.25, -0.2) is 4.99 Å². The molecule has 3 unspecified atom stereocenters. The summed E-state index contributed by atoms with van der Waals surface area (Å²) in [6, 6.07) is -0.845. The molecule has 2 amide bonds. The molecular weight excluding hydrogens is 403 g/mol. The number of hydrogen-bond donors (Lipinski definition) is 2. The fourth-order valence-corrected chi connectivity index (χ4v) is 2.85. The normalized spacial score (nSPS) is 21.7. The summed E-state index contributed by atoms with van der Waals surface area (Å²) < 4.78 is 0. The Morgan fingerprint density at radius 1 is 1.32 bits per heavy atom. The summed E-state index contributed by atoms with van der Waals surface area (Å²) in [4.78, 5) is 37.3. The number of carbonyl (C=O) groups is 3. The minimum absolute atomic E-state index is 0. The van der Waals surface area contributed by atoms with E-state index < -0.39 is 29.2 Å². The number of aliphatic carboxylic acids is 1. The monoisotopic (exact) mass is 428 g/mol. The molecule has 0 aromatic rings. The third-order valence-corrected chi connectivity index (χ3v) is 4.54. The van der Waals surface area contributed by atoms with Gasteiger partial charge >= 0.3 is 35.5 Å². The number of carboxylic acid groups (broad SMARTS) is 1. The van der Waals surface area contributed by atoms with Gasteiger partial charge in [0.05, 0.1) is 6.02 Å². The molecule has 138 valence electrons. The van der Waals surface area contributed by atoms with Crippen LogP contribution in [0.1, 0.15) is 59.8 Å². The summed E-state index contributed by atoms with van der Waals surface area (Å²) in [6.45, 7) is 7.56. The second-order valence-corrected chi connectivity index (χ2v) is 7.47. The van der Waals surface area contributed by atoms with Crippen LogP contribution in [0.5, 0.6) is 0 Å². The van der Waals surface area contributed by atoms with Crippen molar-refractivity contribution in [1.82, 2.24) is 5.32 Å². The average Bonchev–Trinajstić information content (AvgIpc) is 2.46. The number of carbonyl (C=O) groups excluding carboxylic acids is 2. The molecule has 25 heavy (non-hydrogen) atoms. The molecule has 0 spiro atoms.